The lowest BCUT2D eigenvalue weighted by Gasteiger charge is -2.35. The van der Waals surface area contributed by atoms with Crippen LogP contribution in [-0.2, 0) is 6.42 Å². The number of likely N-dealkylation sites (N-methyl/N-ethyl adjacent to an activating group) is 1. The normalized spacial score (nSPS) is 17.4. The molecule has 0 radical (unpaired) electrons. The Morgan fingerprint density at radius 1 is 1.29 bits per heavy atom. The number of aromatic nitrogens is 1. The van der Waals surface area contributed by atoms with E-state index in [0.29, 0.717) is 6.54 Å². The number of hydrogen-bond acceptors (Lipinski definition) is 4. The van der Waals surface area contributed by atoms with Crippen molar-refractivity contribution in [3.05, 3.63) is 23.9 Å². The van der Waals surface area contributed by atoms with Gasteiger partial charge in [-0.15, -0.1) is 0 Å². The Morgan fingerprint density at radius 2 is 2.06 bits per heavy atom. The van der Waals surface area contributed by atoms with Gasteiger partial charge in [-0.2, -0.15) is 0 Å². The zero-order chi connectivity index (χ0) is 12.1. The standard InChI is InChI=1S/C13H22N4/c1-2-16-8-10-17(11-9-16)13-12(5-6-14)4-3-7-15-13/h3-4,7H,2,5-6,8-11,14H2,1H3. The average Bonchev–Trinajstić information content (AvgIpc) is 2.40. The van der Waals surface area contributed by atoms with E-state index in [9.17, 15) is 0 Å². The molecular weight excluding hydrogens is 212 g/mol. The minimum Gasteiger partial charge on any atom is -0.354 e. The van der Waals surface area contributed by atoms with Gasteiger partial charge in [-0.25, -0.2) is 4.98 Å². The molecule has 4 heteroatoms. The summed E-state index contributed by atoms with van der Waals surface area (Å²) in [5.74, 6) is 1.13. The van der Waals surface area contributed by atoms with Crippen LogP contribution in [0.3, 0.4) is 0 Å². The molecule has 1 saturated heterocycles. The molecule has 1 fully saturated rings. The summed E-state index contributed by atoms with van der Waals surface area (Å²) in [5.41, 5.74) is 6.93. The van der Waals surface area contributed by atoms with Crippen LogP contribution in [0.15, 0.2) is 18.3 Å². The number of nitrogens with zero attached hydrogens (tertiary/aromatic N) is 3. The van der Waals surface area contributed by atoms with Gasteiger partial charge in [-0.3, -0.25) is 0 Å². The molecular formula is C13H22N4. The van der Waals surface area contributed by atoms with E-state index in [1.54, 1.807) is 0 Å². The molecule has 0 amide bonds. The van der Waals surface area contributed by atoms with Gasteiger partial charge in [0.1, 0.15) is 5.82 Å². The molecule has 0 aromatic carbocycles. The number of hydrogen-bond donors (Lipinski definition) is 1. The number of nitrogens with two attached hydrogens (primary N) is 1. The third kappa shape index (κ3) is 2.96. The van der Waals surface area contributed by atoms with Crippen molar-refractivity contribution in [3.63, 3.8) is 0 Å². The molecule has 0 spiro atoms. The number of rotatable bonds is 4. The van der Waals surface area contributed by atoms with Crippen molar-refractivity contribution in [1.29, 1.82) is 0 Å². The lowest BCUT2D eigenvalue weighted by molar-refractivity contribution is 0.270. The molecule has 1 aliphatic rings. The maximum Gasteiger partial charge on any atom is 0.131 e. The predicted octanol–water partition coefficient (Wildman–Crippen LogP) is 0.725. The van der Waals surface area contributed by atoms with Crippen molar-refractivity contribution in [2.24, 2.45) is 5.73 Å². The molecule has 0 aliphatic carbocycles. The van der Waals surface area contributed by atoms with Crippen LogP contribution in [0.1, 0.15) is 12.5 Å². The maximum absolute atomic E-state index is 5.65. The second kappa shape index (κ2) is 5.98. The van der Waals surface area contributed by atoms with E-state index in [1.165, 1.54) is 5.56 Å². The second-order valence-electron chi connectivity index (χ2n) is 4.45. The number of anilines is 1. The molecule has 1 aromatic rings. The first-order valence-electron chi connectivity index (χ1n) is 6.46. The van der Waals surface area contributed by atoms with Gasteiger partial charge in [0.15, 0.2) is 0 Å². The maximum atomic E-state index is 5.65. The molecule has 1 aromatic heterocycles. The summed E-state index contributed by atoms with van der Waals surface area (Å²) in [6, 6.07) is 4.14. The first-order chi connectivity index (χ1) is 8.35. The van der Waals surface area contributed by atoms with Gasteiger partial charge in [0, 0.05) is 32.4 Å². The summed E-state index contributed by atoms with van der Waals surface area (Å²) in [5, 5.41) is 0. The van der Waals surface area contributed by atoms with E-state index in [-0.39, 0.29) is 0 Å². The minimum atomic E-state index is 0.688. The Balaban J connectivity index is 2.07. The third-order valence-corrected chi connectivity index (χ3v) is 3.40. The van der Waals surface area contributed by atoms with Gasteiger partial charge in [0.2, 0.25) is 0 Å². The number of pyridine rings is 1. The highest BCUT2D eigenvalue weighted by molar-refractivity contribution is 5.47. The van der Waals surface area contributed by atoms with E-state index < -0.39 is 0 Å². The fourth-order valence-corrected chi connectivity index (χ4v) is 2.34. The molecule has 2 rings (SSSR count). The van der Waals surface area contributed by atoms with E-state index in [2.05, 4.69) is 27.8 Å². The lowest BCUT2D eigenvalue weighted by atomic mass is 10.1. The van der Waals surface area contributed by atoms with Gasteiger partial charge >= 0.3 is 0 Å². The Morgan fingerprint density at radius 3 is 2.71 bits per heavy atom. The first kappa shape index (κ1) is 12.3. The van der Waals surface area contributed by atoms with Crippen LogP contribution < -0.4 is 10.6 Å². The first-order valence-corrected chi connectivity index (χ1v) is 6.46. The molecule has 0 atom stereocenters. The predicted molar refractivity (Wildman–Crippen MR) is 71.3 cm³/mol. The van der Waals surface area contributed by atoms with Crippen LogP contribution in [0, 0.1) is 0 Å². The smallest absolute Gasteiger partial charge is 0.131 e. The third-order valence-electron chi connectivity index (χ3n) is 3.40. The van der Waals surface area contributed by atoms with Gasteiger partial charge < -0.3 is 15.5 Å². The summed E-state index contributed by atoms with van der Waals surface area (Å²) in [6.45, 7) is 8.46. The van der Waals surface area contributed by atoms with E-state index in [1.807, 2.05) is 12.3 Å². The van der Waals surface area contributed by atoms with Gasteiger partial charge in [0.05, 0.1) is 0 Å². The Labute approximate surface area is 103 Å². The molecule has 2 heterocycles. The highest BCUT2D eigenvalue weighted by atomic mass is 15.3. The van der Waals surface area contributed by atoms with E-state index in [4.69, 9.17) is 5.73 Å². The van der Waals surface area contributed by atoms with Crippen LogP contribution in [0.5, 0.6) is 0 Å². The number of piperazine rings is 1. The Bertz CT molecular complexity index is 345. The summed E-state index contributed by atoms with van der Waals surface area (Å²) >= 11 is 0. The van der Waals surface area contributed by atoms with Crippen LogP contribution in [0.4, 0.5) is 5.82 Å². The Kier molecular flexibility index (Phi) is 4.34. The van der Waals surface area contributed by atoms with E-state index >= 15 is 0 Å². The van der Waals surface area contributed by atoms with Crippen molar-refractivity contribution in [1.82, 2.24) is 9.88 Å². The largest absolute Gasteiger partial charge is 0.354 e. The summed E-state index contributed by atoms with van der Waals surface area (Å²) in [7, 11) is 0. The van der Waals surface area contributed by atoms with Crippen LogP contribution in [0.25, 0.3) is 0 Å². The molecule has 17 heavy (non-hydrogen) atoms. The zero-order valence-corrected chi connectivity index (χ0v) is 10.6. The van der Waals surface area contributed by atoms with Crippen molar-refractivity contribution in [2.45, 2.75) is 13.3 Å². The molecule has 2 N–H and O–H groups in total. The van der Waals surface area contributed by atoms with Gasteiger partial charge in [0.25, 0.3) is 0 Å². The summed E-state index contributed by atoms with van der Waals surface area (Å²) < 4.78 is 0. The summed E-state index contributed by atoms with van der Waals surface area (Å²) in [4.78, 5) is 9.38. The van der Waals surface area contributed by atoms with E-state index in [0.717, 1.165) is 45.0 Å². The van der Waals surface area contributed by atoms with Crippen LogP contribution in [0.2, 0.25) is 0 Å². The fourth-order valence-electron chi connectivity index (χ4n) is 2.34. The molecule has 0 bridgehead atoms. The van der Waals surface area contributed by atoms with Crippen molar-refractivity contribution < 1.29 is 0 Å². The monoisotopic (exact) mass is 234 g/mol. The highest BCUT2D eigenvalue weighted by Crippen LogP contribution is 2.19. The van der Waals surface area contributed by atoms with Crippen molar-refractivity contribution in [2.75, 3.05) is 44.2 Å². The average molecular weight is 234 g/mol. The van der Waals surface area contributed by atoms with Crippen molar-refractivity contribution in [3.8, 4) is 0 Å². The topological polar surface area (TPSA) is 45.4 Å². The van der Waals surface area contributed by atoms with Gasteiger partial charge in [-0.05, 0) is 31.1 Å². The fraction of sp³-hybridized carbons (Fsp3) is 0.615. The van der Waals surface area contributed by atoms with Crippen LogP contribution >= 0.6 is 0 Å². The molecule has 4 nitrogen and oxygen atoms in total. The minimum absolute atomic E-state index is 0.688. The van der Waals surface area contributed by atoms with Crippen LogP contribution in [-0.4, -0.2) is 49.2 Å². The Hall–Kier alpha value is -1.13. The van der Waals surface area contributed by atoms with Gasteiger partial charge in [-0.1, -0.05) is 13.0 Å². The molecule has 94 valence electrons. The highest BCUT2D eigenvalue weighted by Gasteiger charge is 2.18. The molecule has 1 aliphatic heterocycles. The summed E-state index contributed by atoms with van der Waals surface area (Å²) in [6.07, 6.45) is 2.79. The van der Waals surface area contributed by atoms with Crippen molar-refractivity contribution >= 4 is 5.82 Å². The lowest BCUT2D eigenvalue weighted by Crippen LogP contribution is -2.46. The SMILES string of the molecule is CCN1CCN(c2ncccc2CCN)CC1. The second-order valence-corrected chi connectivity index (χ2v) is 4.45. The molecule has 0 unspecified atom stereocenters. The quantitative estimate of drug-likeness (QED) is 0.834. The zero-order valence-electron chi connectivity index (χ0n) is 10.6. The molecule has 0 saturated carbocycles.